The van der Waals surface area contributed by atoms with Gasteiger partial charge in [0.25, 0.3) is 0 Å². The molecular weight excluding hydrogens is 367 g/mol. The highest BCUT2D eigenvalue weighted by atomic mass is 19.1. The van der Waals surface area contributed by atoms with Gasteiger partial charge in [0.15, 0.2) is 5.96 Å². The number of carbonyl (C=O) groups is 1. The molecule has 5 nitrogen and oxygen atoms in total. The third kappa shape index (κ3) is 6.59. The van der Waals surface area contributed by atoms with Gasteiger partial charge in [0.1, 0.15) is 5.82 Å². The number of aliphatic imine (C=N–C) groups is 1. The Morgan fingerprint density at radius 2 is 1.79 bits per heavy atom. The molecule has 0 aromatic heterocycles. The fourth-order valence-corrected chi connectivity index (χ4v) is 3.70. The number of nitrogens with zero attached hydrogens (tertiary/aromatic N) is 2. The highest BCUT2D eigenvalue weighted by Gasteiger charge is 2.24. The molecule has 3 rings (SSSR count). The second-order valence-electron chi connectivity index (χ2n) is 7.42. The zero-order valence-electron chi connectivity index (χ0n) is 16.9. The molecule has 1 aliphatic rings. The lowest BCUT2D eigenvalue weighted by Gasteiger charge is -2.22. The van der Waals surface area contributed by atoms with Crippen molar-refractivity contribution in [2.24, 2.45) is 10.9 Å². The van der Waals surface area contributed by atoms with Gasteiger partial charge in [-0.3, -0.25) is 9.79 Å². The van der Waals surface area contributed by atoms with Crippen LogP contribution < -0.4 is 10.6 Å². The van der Waals surface area contributed by atoms with E-state index in [0.29, 0.717) is 19.0 Å². The standard InChI is InChI=1S/C23H29FN4O/c1-25-23(28-14-11-20(17-28)15-18-5-3-2-4-6-18)27-13-12-26-22(29)16-19-7-9-21(24)10-8-19/h2-10,20H,11-17H2,1H3,(H,25,27)(H,26,29). The van der Waals surface area contributed by atoms with Crippen LogP contribution >= 0.6 is 0 Å². The van der Waals surface area contributed by atoms with Crippen LogP contribution in [0.1, 0.15) is 17.5 Å². The number of hydrogen-bond acceptors (Lipinski definition) is 2. The summed E-state index contributed by atoms with van der Waals surface area (Å²) < 4.78 is 12.9. The van der Waals surface area contributed by atoms with E-state index in [1.807, 2.05) is 0 Å². The van der Waals surface area contributed by atoms with Crippen LogP contribution in [0.15, 0.2) is 59.6 Å². The van der Waals surface area contributed by atoms with Crippen molar-refractivity contribution in [3.05, 3.63) is 71.5 Å². The van der Waals surface area contributed by atoms with Gasteiger partial charge in [0.2, 0.25) is 5.91 Å². The second-order valence-corrected chi connectivity index (χ2v) is 7.42. The molecule has 154 valence electrons. The van der Waals surface area contributed by atoms with Crippen molar-refractivity contribution in [1.82, 2.24) is 15.5 Å². The number of rotatable bonds is 7. The lowest BCUT2D eigenvalue weighted by Crippen LogP contribution is -2.43. The molecule has 1 fully saturated rings. The molecule has 0 bridgehead atoms. The minimum Gasteiger partial charge on any atom is -0.354 e. The first kappa shape index (κ1) is 20.8. The van der Waals surface area contributed by atoms with E-state index >= 15 is 0 Å². The monoisotopic (exact) mass is 396 g/mol. The fraction of sp³-hybridized carbons (Fsp3) is 0.391. The van der Waals surface area contributed by atoms with Gasteiger partial charge in [-0.2, -0.15) is 0 Å². The predicted octanol–water partition coefficient (Wildman–Crippen LogP) is 2.62. The molecule has 0 radical (unpaired) electrons. The number of carbonyl (C=O) groups excluding carboxylic acids is 1. The van der Waals surface area contributed by atoms with Gasteiger partial charge in [-0.15, -0.1) is 0 Å². The molecule has 0 saturated carbocycles. The number of guanidine groups is 1. The molecule has 29 heavy (non-hydrogen) atoms. The van der Waals surface area contributed by atoms with E-state index in [2.05, 4.69) is 50.9 Å². The summed E-state index contributed by atoms with van der Waals surface area (Å²) >= 11 is 0. The zero-order valence-corrected chi connectivity index (χ0v) is 16.9. The van der Waals surface area contributed by atoms with E-state index in [-0.39, 0.29) is 18.1 Å². The Kier molecular flexibility index (Phi) is 7.61. The summed E-state index contributed by atoms with van der Waals surface area (Å²) in [4.78, 5) is 18.7. The SMILES string of the molecule is CN=C(NCCNC(=O)Cc1ccc(F)cc1)N1CCC(Cc2ccccc2)C1. The molecule has 1 unspecified atom stereocenters. The summed E-state index contributed by atoms with van der Waals surface area (Å²) in [6, 6.07) is 16.6. The number of benzene rings is 2. The zero-order chi connectivity index (χ0) is 20.5. The van der Waals surface area contributed by atoms with Gasteiger partial charge in [-0.05, 0) is 42.0 Å². The Bertz CT molecular complexity index is 807. The molecular formula is C23H29FN4O. The van der Waals surface area contributed by atoms with Crippen LogP contribution in [0.25, 0.3) is 0 Å². The Hall–Kier alpha value is -2.89. The Morgan fingerprint density at radius 3 is 2.52 bits per heavy atom. The molecule has 2 N–H and O–H groups in total. The average molecular weight is 397 g/mol. The third-order valence-electron chi connectivity index (χ3n) is 5.17. The van der Waals surface area contributed by atoms with Crippen molar-refractivity contribution >= 4 is 11.9 Å². The van der Waals surface area contributed by atoms with Gasteiger partial charge >= 0.3 is 0 Å². The van der Waals surface area contributed by atoms with E-state index in [0.717, 1.165) is 37.5 Å². The first-order valence-electron chi connectivity index (χ1n) is 10.1. The van der Waals surface area contributed by atoms with Crippen LogP contribution in [-0.2, 0) is 17.6 Å². The van der Waals surface area contributed by atoms with E-state index in [4.69, 9.17) is 0 Å². The molecule has 0 spiro atoms. The minimum atomic E-state index is -0.294. The van der Waals surface area contributed by atoms with Gasteiger partial charge in [0.05, 0.1) is 6.42 Å². The van der Waals surface area contributed by atoms with Crippen LogP contribution in [0.5, 0.6) is 0 Å². The summed E-state index contributed by atoms with van der Waals surface area (Å²) in [5.74, 6) is 1.15. The number of nitrogens with one attached hydrogen (secondary N) is 2. The quantitative estimate of drug-likeness (QED) is 0.430. The highest BCUT2D eigenvalue weighted by Crippen LogP contribution is 2.20. The van der Waals surface area contributed by atoms with Crippen LogP contribution in [-0.4, -0.2) is 50.0 Å². The van der Waals surface area contributed by atoms with E-state index in [9.17, 15) is 9.18 Å². The molecule has 1 amide bonds. The molecule has 1 saturated heterocycles. The molecule has 6 heteroatoms. The van der Waals surface area contributed by atoms with Gasteiger partial charge in [-0.25, -0.2) is 4.39 Å². The lowest BCUT2D eigenvalue weighted by molar-refractivity contribution is -0.120. The van der Waals surface area contributed by atoms with Crippen molar-refractivity contribution in [2.75, 3.05) is 33.2 Å². The summed E-state index contributed by atoms with van der Waals surface area (Å²) in [6.45, 7) is 3.11. The molecule has 2 aromatic carbocycles. The van der Waals surface area contributed by atoms with Crippen molar-refractivity contribution in [3.8, 4) is 0 Å². The minimum absolute atomic E-state index is 0.0718. The van der Waals surface area contributed by atoms with Crippen molar-refractivity contribution in [3.63, 3.8) is 0 Å². The van der Waals surface area contributed by atoms with Crippen molar-refractivity contribution in [2.45, 2.75) is 19.3 Å². The molecule has 0 aliphatic carbocycles. The normalized spacial score (nSPS) is 16.7. The highest BCUT2D eigenvalue weighted by molar-refractivity contribution is 5.80. The Morgan fingerprint density at radius 1 is 1.07 bits per heavy atom. The van der Waals surface area contributed by atoms with Gasteiger partial charge < -0.3 is 15.5 Å². The van der Waals surface area contributed by atoms with E-state index < -0.39 is 0 Å². The largest absolute Gasteiger partial charge is 0.354 e. The smallest absolute Gasteiger partial charge is 0.224 e. The number of amides is 1. The topological polar surface area (TPSA) is 56.7 Å². The first-order valence-corrected chi connectivity index (χ1v) is 10.1. The first-order chi connectivity index (χ1) is 14.1. The lowest BCUT2D eigenvalue weighted by atomic mass is 9.99. The fourth-order valence-electron chi connectivity index (χ4n) is 3.70. The number of hydrogen-bond donors (Lipinski definition) is 2. The molecule has 1 heterocycles. The van der Waals surface area contributed by atoms with Crippen LogP contribution in [0.2, 0.25) is 0 Å². The van der Waals surface area contributed by atoms with Crippen molar-refractivity contribution < 1.29 is 9.18 Å². The maximum atomic E-state index is 12.9. The summed E-state index contributed by atoms with van der Waals surface area (Å²) in [7, 11) is 1.79. The van der Waals surface area contributed by atoms with E-state index in [1.165, 1.54) is 17.7 Å². The predicted molar refractivity (Wildman–Crippen MR) is 114 cm³/mol. The van der Waals surface area contributed by atoms with Gasteiger partial charge in [-0.1, -0.05) is 42.5 Å². The maximum Gasteiger partial charge on any atom is 0.224 e. The summed E-state index contributed by atoms with van der Waals surface area (Å²) in [5, 5.41) is 6.22. The Balaban J connectivity index is 1.36. The number of halogens is 1. The van der Waals surface area contributed by atoms with Crippen LogP contribution in [0.3, 0.4) is 0 Å². The Labute approximate surface area is 172 Å². The summed E-state index contributed by atoms with van der Waals surface area (Å²) in [6.07, 6.45) is 2.50. The van der Waals surface area contributed by atoms with E-state index in [1.54, 1.807) is 19.2 Å². The maximum absolute atomic E-state index is 12.9. The summed E-state index contributed by atoms with van der Waals surface area (Å²) in [5.41, 5.74) is 2.18. The molecule has 2 aromatic rings. The van der Waals surface area contributed by atoms with Crippen molar-refractivity contribution in [1.29, 1.82) is 0 Å². The van der Waals surface area contributed by atoms with Crippen LogP contribution in [0, 0.1) is 11.7 Å². The van der Waals surface area contributed by atoms with Gasteiger partial charge in [0, 0.05) is 33.2 Å². The average Bonchev–Trinajstić information content (AvgIpc) is 3.19. The molecule has 1 atom stereocenters. The third-order valence-corrected chi connectivity index (χ3v) is 5.17. The number of likely N-dealkylation sites (tertiary alicyclic amines) is 1. The van der Waals surface area contributed by atoms with Crippen LogP contribution in [0.4, 0.5) is 4.39 Å². The molecule has 1 aliphatic heterocycles. The second kappa shape index (κ2) is 10.6.